The number of carbonyl (C=O) groups excluding carboxylic acids is 1. The van der Waals surface area contributed by atoms with Crippen LogP contribution in [0.2, 0.25) is 0 Å². The molecule has 2 atom stereocenters. The Morgan fingerprint density at radius 3 is 2.75 bits per heavy atom. The van der Waals surface area contributed by atoms with Gasteiger partial charge >= 0.3 is 0 Å². The molecule has 1 aliphatic heterocycles. The molecule has 1 aliphatic rings. The summed E-state index contributed by atoms with van der Waals surface area (Å²) in [6, 6.07) is 6.54. The molecule has 4 heteroatoms. The predicted molar refractivity (Wildman–Crippen MR) is 85.2 cm³/mol. The van der Waals surface area contributed by atoms with Crippen LogP contribution in [0.1, 0.15) is 30.0 Å². The van der Waals surface area contributed by atoms with Gasteiger partial charge in [0.15, 0.2) is 0 Å². The van der Waals surface area contributed by atoms with Gasteiger partial charge in [-0.1, -0.05) is 30.7 Å². The zero-order valence-electron chi connectivity index (χ0n) is 12.6. The fourth-order valence-corrected chi connectivity index (χ4v) is 2.66. The molecule has 0 spiro atoms. The molecule has 1 aromatic carbocycles. The van der Waals surface area contributed by atoms with E-state index in [4.69, 9.17) is 5.73 Å². The number of likely N-dealkylation sites (tertiary alicyclic amines) is 1. The molecule has 20 heavy (non-hydrogen) atoms. The van der Waals surface area contributed by atoms with Crippen molar-refractivity contribution in [3.63, 3.8) is 0 Å². The van der Waals surface area contributed by atoms with Crippen molar-refractivity contribution in [1.29, 1.82) is 0 Å². The Hall–Kier alpha value is -1.06. The zero-order valence-corrected chi connectivity index (χ0v) is 13.4. The second kappa shape index (κ2) is 7.09. The number of nitrogens with two attached hydrogens (primary N) is 1. The van der Waals surface area contributed by atoms with Gasteiger partial charge in [0.05, 0.1) is 6.42 Å². The van der Waals surface area contributed by atoms with Crippen LogP contribution in [-0.2, 0) is 11.2 Å². The molecular formula is C16H25ClN2O. The summed E-state index contributed by atoms with van der Waals surface area (Å²) in [5.41, 5.74) is 9.55. The molecule has 1 amide bonds. The lowest BCUT2D eigenvalue weighted by Crippen LogP contribution is -2.48. The Morgan fingerprint density at radius 1 is 1.40 bits per heavy atom. The molecule has 0 aromatic heterocycles. The first-order valence-electron chi connectivity index (χ1n) is 7.07. The number of hydrogen-bond donors (Lipinski definition) is 1. The zero-order chi connectivity index (χ0) is 14.0. The minimum absolute atomic E-state index is 0. The highest BCUT2D eigenvalue weighted by Gasteiger charge is 2.26. The van der Waals surface area contributed by atoms with Crippen LogP contribution in [0.25, 0.3) is 0 Å². The van der Waals surface area contributed by atoms with E-state index in [2.05, 4.69) is 39.0 Å². The number of carbonyl (C=O) groups is 1. The number of nitrogens with zero attached hydrogens (tertiary/aromatic N) is 1. The van der Waals surface area contributed by atoms with E-state index in [1.165, 1.54) is 11.1 Å². The molecule has 1 fully saturated rings. The first-order valence-corrected chi connectivity index (χ1v) is 7.07. The summed E-state index contributed by atoms with van der Waals surface area (Å²) < 4.78 is 0. The molecule has 2 N–H and O–H groups in total. The van der Waals surface area contributed by atoms with E-state index in [0.717, 1.165) is 25.1 Å². The normalized spacial score (nSPS) is 22.3. The highest BCUT2D eigenvalue weighted by atomic mass is 35.5. The number of rotatable bonds is 2. The van der Waals surface area contributed by atoms with Crippen molar-refractivity contribution >= 4 is 18.3 Å². The van der Waals surface area contributed by atoms with Crippen LogP contribution in [0, 0.1) is 19.8 Å². The maximum atomic E-state index is 12.4. The molecule has 0 radical (unpaired) electrons. The van der Waals surface area contributed by atoms with Gasteiger partial charge in [0.25, 0.3) is 0 Å². The Kier molecular flexibility index (Phi) is 6.03. The molecule has 0 saturated carbocycles. The monoisotopic (exact) mass is 296 g/mol. The van der Waals surface area contributed by atoms with Crippen LogP contribution in [0.4, 0.5) is 0 Å². The largest absolute Gasteiger partial charge is 0.342 e. The van der Waals surface area contributed by atoms with E-state index in [0.29, 0.717) is 12.3 Å². The van der Waals surface area contributed by atoms with Gasteiger partial charge in [-0.2, -0.15) is 0 Å². The van der Waals surface area contributed by atoms with Crippen LogP contribution in [-0.4, -0.2) is 29.9 Å². The quantitative estimate of drug-likeness (QED) is 0.911. The standard InChI is InChI=1S/C16H24N2O.ClH/c1-11-4-5-12(2)14(8-11)9-16(19)18-7-6-15(17)13(3)10-18;/h4-5,8,13,15H,6-7,9-10,17H2,1-3H3;1H. The summed E-state index contributed by atoms with van der Waals surface area (Å²) in [4.78, 5) is 14.3. The maximum Gasteiger partial charge on any atom is 0.227 e. The first-order chi connectivity index (χ1) is 8.97. The molecule has 112 valence electrons. The van der Waals surface area contributed by atoms with Crippen molar-refractivity contribution in [3.05, 3.63) is 34.9 Å². The number of benzene rings is 1. The van der Waals surface area contributed by atoms with Crippen LogP contribution in [0.3, 0.4) is 0 Å². The topological polar surface area (TPSA) is 46.3 Å². The third-order valence-electron chi connectivity index (χ3n) is 4.17. The molecule has 3 nitrogen and oxygen atoms in total. The van der Waals surface area contributed by atoms with Crippen LogP contribution < -0.4 is 5.73 Å². The number of halogens is 1. The molecular weight excluding hydrogens is 272 g/mol. The SMILES string of the molecule is Cc1ccc(C)c(CC(=O)N2CCC(N)C(C)C2)c1.Cl. The third-order valence-corrected chi connectivity index (χ3v) is 4.17. The highest BCUT2D eigenvalue weighted by molar-refractivity contribution is 5.85. The van der Waals surface area contributed by atoms with Crippen molar-refractivity contribution in [2.75, 3.05) is 13.1 Å². The lowest BCUT2D eigenvalue weighted by molar-refractivity contribution is -0.132. The lowest BCUT2D eigenvalue weighted by atomic mass is 9.94. The summed E-state index contributed by atoms with van der Waals surface area (Å²) in [5.74, 6) is 0.628. The summed E-state index contributed by atoms with van der Waals surface area (Å²) in [5, 5.41) is 0. The summed E-state index contributed by atoms with van der Waals surface area (Å²) in [7, 11) is 0. The van der Waals surface area contributed by atoms with Crippen LogP contribution in [0.5, 0.6) is 0 Å². The fraction of sp³-hybridized carbons (Fsp3) is 0.562. The van der Waals surface area contributed by atoms with Crippen molar-refractivity contribution in [2.45, 2.75) is 39.7 Å². The van der Waals surface area contributed by atoms with E-state index >= 15 is 0 Å². The van der Waals surface area contributed by atoms with Crippen molar-refractivity contribution in [2.24, 2.45) is 11.7 Å². The Labute approximate surface area is 127 Å². The van der Waals surface area contributed by atoms with Crippen molar-refractivity contribution in [3.8, 4) is 0 Å². The molecule has 0 aliphatic carbocycles. The average Bonchev–Trinajstić information content (AvgIpc) is 2.37. The van der Waals surface area contributed by atoms with Gasteiger partial charge in [0.2, 0.25) is 5.91 Å². The van der Waals surface area contributed by atoms with E-state index in [-0.39, 0.29) is 24.4 Å². The number of amides is 1. The molecule has 2 unspecified atom stereocenters. The van der Waals surface area contributed by atoms with Crippen LogP contribution in [0.15, 0.2) is 18.2 Å². The summed E-state index contributed by atoms with van der Waals surface area (Å²) >= 11 is 0. The van der Waals surface area contributed by atoms with E-state index < -0.39 is 0 Å². The number of aryl methyl sites for hydroxylation is 2. The van der Waals surface area contributed by atoms with Gasteiger partial charge in [-0.3, -0.25) is 4.79 Å². The fourth-order valence-electron chi connectivity index (χ4n) is 2.66. The van der Waals surface area contributed by atoms with E-state index in [1.54, 1.807) is 0 Å². The predicted octanol–water partition coefficient (Wildman–Crippen LogP) is 2.46. The Morgan fingerprint density at radius 2 is 2.10 bits per heavy atom. The molecule has 1 heterocycles. The summed E-state index contributed by atoms with van der Waals surface area (Å²) in [6.45, 7) is 7.86. The summed E-state index contributed by atoms with van der Waals surface area (Å²) in [6.07, 6.45) is 1.43. The number of piperidine rings is 1. The smallest absolute Gasteiger partial charge is 0.227 e. The van der Waals surface area contributed by atoms with Crippen LogP contribution >= 0.6 is 12.4 Å². The third kappa shape index (κ3) is 3.97. The Balaban J connectivity index is 0.00000200. The van der Waals surface area contributed by atoms with Gasteiger partial charge in [-0.25, -0.2) is 0 Å². The molecule has 1 aromatic rings. The first kappa shape index (κ1) is 17.0. The van der Waals surface area contributed by atoms with Gasteiger partial charge in [0.1, 0.15) is 0 Å². The second-order valence-corrected chi connectivity index (χ2v) is 5.88. The highest BCUT2D eigenvalue weighted by Crippen LogP contribution is 2.17. The minimum atomic E-state index is 0. The van der Waals surface area contributed by atoms with Crippen molar-refractivity contribution in [1.82, 2.24) is 4.90 Å². The second-order valence-electron chi connectivity index (χ2n) is 5.88. The van der Waals surface area contributed by atoms with Gasteiger partial charge in [-0.15, -0.1) is 12.4 Å². The van der Waals surface area contributed by atoms with Gasteiger partial charge < -0.3 is 10.6 Å². The Bertz CT molecular complexity index is 476. The maximum absolute atomic E-state index is 12.4. The van der Waals surface area contributed by atoms with E-state index in [1.807, 2.05) is 4.90 Å². The lowest BCUT2D eigenvalue weighted by Gasteiger charge is -2.35. The molecule has 2 rings (SSSR count). The van der Waals surface area contributed by atoms with Gasteiger partial charge in [0, 0.05) is 19.1 Å². The van der Waals surface area contributed by atoms with Gasteiger partial charge in [-0.05, 0) is 37.3 Å². The van der Waals surface area contributed by atoms with E-state index in [9.17, 15) is 4.79 Å². The number of hydrogen-bond acceptors (Lipinski definition) is 2. The molecule has 1 saturated heterocycles. The minimum Gasteiger partial charge on any atom is -0.342 e. The molecule has 0 bridgehead atoms. The average molecular weight is 297 g/mol. The van der Waals surface area contributed by atoms with Crippen molar-refractivity contribution < 1.29 is 4.79 Å².